The fraction of sp³-hybridized carbons (Fsp3) is 0.417. The lowest BCUT2D eigenvalue weighted by Crippen LogP contribution is -2.43. The summed E-state index contributed by atoms with van der Waals surface area (Å²) in [5.74, 6) is -0.843. The second-order valence-corrected chi connectivity index (χ2v) is 4.88. The molecule has 0 radical (unpaired) electrons. The van der Waals surface area contributed by atoms with Crippen molar-refractivity contribution in [2.45, 2.75) is 25.6 Å². The molecule has 0 aromatic heterocycles. The van der Waals surface area contributed by atoms with E-state index in [1.165, 1.54) is 20.9 Å². The van der Waals surface area contributed by atoms with Gasteiger partial charge in [0.15, 0.2) is 0 Å². The number of likely N-dealkylation sites (N-methyl/N-ethyl adjacent to an activating group) is 1. The third kappa shape index (κ3) is 3.69. The molecular formula is C12H13F3N2O4. The van der Waals surface area contributed by atoms with Crippen molar-refractivity contribution in [2.24, 2.45) is 0 Å². The fourth-order valence-corrected chi connectivity index (χ4v) is 1.65. The number of nitro groups is 1. The minimum Gasteiger partial charge on any atom is -0.381 e. The Hall–Kier alpha value is -2.16. The van der Waals surface area contributed by atoms with Gasteiger partial charge in [-0.1, -0.05) is 0 Å². The van der Waals surface area contributed by atoms with E-state index in [-0.39, 0.29) is 5.69 Å². The minimum atomic E-state index is -4.93. The van der Waals surface area contributed by atoms with Gasteiger partial charge in [-0.25, -0.2) is 0 Å². The second-order valence-electron chi connectivity index (χ2n) is 4.88. The molecule has 1 aromatic rings. The quantitative estimate of drug-likeness (QED) is 0.686. The number of carbonyl (C=O) groups is 1. The maximum absolute atomic E-state index is 12.8. The molecule has 0 aliphatic rings. The molecular weight excluding hydrogens is 293 g/mol. The highest BCUT2D eigenvalue weighted by Gasteiger charge is 2.39. The minimum absolute atomic E-state index is 0.208. The molecule has 0 atom stereocenters. The number of anilines is 1. The van der Waals surface area contributed by atoms with Crippen LogP contribution in [-0.2, 0) is 11.0 Å². The SMILES string of the molecule is CN(C(=O)C(C)(C)O)c1ccc([N+](=O)[O-])c(C(F)(F)F)c1. The van der Waals surface area contributed by atoms with Crippen LogP contribution < -0.4 is 4.90 Å². The number of aliphatic hydroxyl groups is 1. The van der Waals surface area contributed by atoms with Crippen LogP contribution in [0.15, 0.2) is 18.2 Å². The number of hydrogen-bond donors (Lipinski definition) is 1. The number of amides is 1. The van der Waals surface area contributed by atoms with Crippen molar-refractivity contribution in [3.05, 3.63) is 33.9 Å². The van der Waals surface area contributed by atoms with Crippen LogP contribution in [0, 0.1) is 10.1 Å². The van der Waals surface area contributed by atoms with E-state index >= 15 is 0 Å². The summed E-state index contributed by atoms with van der Waals surface area (Å²) in [7, 11) is 1.17. The number of hydrogen-bond acceptors (Lipinski definition) is 4. The first kappa shape index (κ1) is 16.9. The summed E-state index contributed by atoms with van der Waals surface area (Å²) in [4.78, 5) is 22.1. The van der Waals surface area contributed by atoms with E-state index < -0.39 is 33.9 Å². The normalized spacial score (nSPS) is 12.1. The number of nitro benzene ring substituents is 1. The van der Waals surface area contributed by atoms with E-state index in [9.17, 15) is 33.2 Å². The maximum atomic E-state index is 12.8. The number of nitrogens with zero attached hydrogens (tertiary/aromatic N) is 2. The molecule has 0 heterocycles. The molecule has 0 fully saturated rings. The molecule has 0 spiro atoms. The van der Waals surface area contributed by atoms with Crippen LogP contribution in [0.4, 0.5) is 24.5 Å². The van der Waals surface area contributed by atoms with Crippen molar-refractivity contribution in [1.29, 1.82) is 0 Å². The second kappa shape index (κ2) is 5.32. The van der Waals surface area contributed by atoms with Crippen LogP contribution in [0.1, 0.15) is 19.4 Å². The summed E-state index contributed by atoms with van der Waals surface area (Å²) >= 11 is 0. The smallest absolute Gasteiger partial charge is 0.381 e. The van der Waals surface area contributed by atoms with Crippen molar-refractivity contribution >= 4 is 17.3 Å². The molecule has 0 saturated carbocycles. The molecule has 1 amide bonds. The molecule has 1 aromatic carbocycles. The lowest BCUT2D eigenvalue weighted by molar-refractivity contribution is -0.388. The molecule has 0 aliphatic heterocycles. The average Bonchev–Trinajstić information content (AvgIpc) is 2.34. The van der Waals surface area contributed by atoms with Crippen LogP contribution in [-0.4, -0.2) is 28.6 Å². The van der Waals surface area contributed by atoms with Gasteiger partial charge in [-0.3, -0.25) is 14.9 Å². The van der Waals surface area contributed by atoms with Crippen molar-refractivity contribution in [3.8, 4) is 0 Å². The van der Waals surface area contributed by atoms with Crippen molar-refractivity contribution in [1.82, 2.24) is 0 Å². The molecule has 116 valence electrons. The molecule has 6 nitrogen and oxygen atoms in total. The number of benzene rings is 1. The highest BCUT2D eigenvalue weighted by Crippen LogP contribution is 2.38. The van der Waals surface area contributed by atoms with E-state index in [1.807, 2.05) is 0 Å². The largest absolute Gasteiger partial charge is 0.423 e. The molecule has 9 heteroatoms. The Balaban J connectivity index is 3.36. The summed E-state index contributed by atoms with van der Waals surface area (Å²) in [6.45, 7) is 2.36. The van der Waals surface area contributed by atoms with Crippen molar-refractivity contribution in [2.75, 3.05) is 11.9 Å². The van der Waals surface area contributed by atoms with Gasteiger partial charge in [0.25, 0.3) is 11.6 Å². The zero-order chi connectivity index (χ0) is 16.6. The van der Waals surface area contributed by atoms with E-state index in [0.29, 0.717) is 12.1 Å². The molecule has 0 aliphatic carbocycles. The van der Waals surface area contributed by atoms with Gasteiger partial charge < -0.3 is 10.0 Å². The van der Waals surface area contributed by atoms with E-state index in [0.717, 1.165) is 11.0 Å². The number of carbonyl (C=O) groups excluding carboxylic acids is 1. The topological polar surface area (TPSA) is 83.7 Å². The molecule has 0 saturated heterocycles. The Morgan fingerprint density at radius 1 is 1.33 bits per heavy atom. The Labute approximate surface area is 117 Å². The first-order valence-electron chi connectivity index (χ1n) is 5.72. The van der Waals surface area contributed by atoms with Gasteiger partial charge in [0.05, 0.1) is 4.92 Å². The Morgan fingerprint density at radius 2 is 1.86 bits per heavy atom. The van der Waals surface area contributed by atoms with Crippen LogP contribution in [0.2, 0.25) is 0 Å². The predicted octanol–water partition coefficient (Wildman–Crippen LogP) is 2.35. The van der Waals surface area contributed by atoms with Gasteiger partial charge >= 0.3 is 6.18 Å². The first-order chi connectivity index (χ1) is 9.35. The highest BCUT2D eigenvalue weighted by molar-refractivity contribution is 5.98. The standard InChI is InChI=1S/C12H13F3N2O4/c1-11(2,19)10(18)16(3)7-4-5-9(17(20)21)8(6-7)12(13,14)15/h4-6,19H,1-3H3. The van der Waals surface area contributed by atoms with Crippen LogP contribution in [0.5, 0.6) is 0 Å². The Bertz CT molecular complexity index is 579. The first-order valence-corrected chi connectivity index (χ1v) is 5.72. The molecule has 1 rings (SSSR count). The zero-order valence-corrected chi connectivity index (χ0v) is 11.4. The van der Waals surface area contributed by atoms with E-state index in [2.05, 4.69) is 0 Å². The third-order valence-corrected chi connectivity index (χ3v) is 2.70. The summed E-state index contributed by atoms with van der Waals surface area (Å²) in [6.07, 6.45) is -4.93. The predicted molar refractivity (Wildman–Crippen MR) is 67.8 cm³/mol. The molecule has 21 heavy (non-hydrogen) atoms. The average molecular weight is 306 g/mol. The van der Waals surface area contributed by atoms with Gasteiger partial charge in [-0.2, -0.15) is 13.2 Å². The number of alkyl halides is 3. The Kier molecular flexibility index (Phi) is 4.28. The van der Waals surface area contributed by atoms with Crippen molar-refractivity contribution < 1.29 is 28.0 Å². The number of halogens is 3. The summed E-state index contributed by atoms with van der Waals surface area (Å²) < 4.78 is 38.5. The van der Waals surface area contributed by atoms with E-state index in [1.54, 1.807) is 0 Å². The van der Waals surface area contributed by atoms with Crippen LogP contribution >= 0.6 is 0 Å². The van der Waals surface area contributed by atoms with Crippen LogP contribution in [0.25, 0.3) is 0 Å². The fourth-order valence-electron chi connectivity index (χ4n) is 1.65. The van der Waals surface area contributed by atoms with Gasteiger partial charge in [0, 0.05) is 18.8 Å². The Morgan fingerprint density at radius 3 is 2.24 bits per heavy atom. The van der Waals surface area contributed by atoms with E-state index in [4.69, 9.17) is 0 Å². The van der Waals surface area contributed by atoms with Gasteiger partial charge in [0.1, 0.15) is 11.2 Å². The molecule has 0 unspecified atom stereocenters. The number of rotatable bonds is 3. The monoisotopic (exact) mass is 306 g/mol. The highest BCUT2D eigenvalue weighted by atomic mass is 19.4. The zero-order valence-electron chi connectivity index (χ0n) is 11.4. The third-order valence-electron chi connectivity index (χ3n) is 2.70. The maximum Gasteiger partial charge on any atom is 0.423 e. The molecule has 1 N–H and O–H groups in total. The van der Waals surface area contributed by atoms with Crippen molar-refractivity contribution in [3.63, 3.8) is 0 Å². The molecule has 0 bridgehead atoms. The summed E-state index contributed by atoms with van der Waals surface area (Å²) in [5, 5.41) is 20.2. The lowest BCUT2D eigenvalue weighted by Gasteiger charge is -2.25. The summed E-state index contributed by atoms with van der Waals surface area (Å²) in [5.41, 5.74) is -4.55. The van der Waals surface area contributed by atoms with Crippen LogP contribution in [0.3, 0.4) is 0 Å². The van der Waals surface area contributed by atoms with Gasteiger partial charge in [-0.15, -0.1) is 0 Å². The van der Waals surface area contributed by atoms with Gasteiger partial charge in [0.2, 0.25) is 0 Å². The van der Waals surface area contributed by atoms with Gasteiger partial charge in [-0.05, 0) is 26.0 Å². The lowest BCUT2D eigenvalue weighted by atomic mass is 10.1. The summed E-state index contributed by atoms with van der Waals surface area (Å²) in [6, 6.07) is 2.19.